The summed E-state index contributed by atoms with van der Waals surface area (Å²) >= 11 is 3.52. The average Bonchev–Trinajstić information content (AvgIpc) is 2.73. The van der Waals surface area contributed by atoms with E-state index in [4.69, 9.17) is 0 Å². The first-order valence-electron chi connectivity index (χ1n) is 7.57. The number of halogens is 1. The van der Waals surface area contributed by atoms with Crippen molar-refractivity contribution in [2.45, 2.75) is 0 Å². The minimum absolute atomic E-state index is 0.239. The average molecular weight is 377 g/mol. The first-order chi connectivity index (χ1) is 11.7. The second-order valence-corrected chi connectivity index (χ2v) is 6.32. The molecule has 116 valence electrons. The lowest BCUT2D eigenvalue weighted by Gasteiger charge is -2.08. The Balaban J connectivity index is 2.08. The number of nitrogens with zero attached hydrogens (tertiary/aromatic N) is 1. The van der Waals surface area contributed by atoms with Crippen molar-refractivity contribution < 1.29 is 0 Å². The lowest BCUT2D eigenvalue weighted by Crippen LogP contribution is -2.05. The summed E-state index contributed by atoms with van der Waals surface area (Å²) < 4.78 is 0.916. The fraction of sp³-hybridized carbons (Fsp3) is 0. The van der Waals surface area contributed by atoms with Crippen LogP contribution in [0, 0.1) is 0 Å². The Hall–Kier alpha value is -2.72. The predicted octanol–water partition coefficient (Wildman–Crippen LogP) is 5.25. The molecule has 0 aliphatic rings. The Bertz CT molecular complexity index is 1130. The largest absolute Gasteiger partial charge is 0.339 e. The molecule has 3 nitrogen and oxygen atoms in total. The Labute approximate surface area is 147 Å². The summed E-state index contributed by atoms with van der Waals surface area (Å²) in [5, 5.41) is 6.73. The van der Waals surface area contributed by atoms with Crippen LogP contribution in [-0.2, 0) is 0 Å². The summed E-state index contributed by atoms with van der Waals surface area (Å²) in [6, 6.07) is 23.3. The van der Waals surface area contributed by atoms with Crippen molar-refractivity contribution in [1.82, 2.24) is 4.98 Å². The number of para-hydroxylation sites is 1. The molecule has 0 aliphatic carbocycles. The van der Waals surface area contributed by atoms with Crippen LogP contribution in [0.25, 0.3) is 21.5 Å². The van der Waals surface area contributed by atoms with E-state index in [1.807, 2.05) is 72.8 Å². The van der Waals surface area contributed by atoms with Gasteiger partial charge in [-0.15, -0.1) is 0 Å². The van der Waals surface area contributed by atoms with Crippen LogP contribution in [0.2, 0.25) is 0 Å². The molecule has 3 aromatic carbocycles. The van der Waals surface area contributed by atoms with Gasteiger partial charge in [0.05, 0.1) is 5.69 Å². The van der Waals surface area contributed by atoms with Crippen molar-refractivity contribution in [3.05, 3.63) is 87.6 Å². The van der Waals surface area contributed by atoms with Gasteiger partial charge in [0.15, 0.2) is 0 Å². The predicted molar refractivity (Wildman–Crippen MR) is 103 cm³/mol. The Morgan fingerprint density at radius 2 is 1.25 bits per heavy atom. The summed E-state index contributed by atoms with van der Waals surface area (Å²) in [4.78, 5) is 17.0. The summed E-state index contributed by atoms with van der Waals surface area (Å²) in [5.74, 6) is 0.554. The third-order valence-corrected chi connectivity index (χ3v) is 4.66. The first-order valence-corrected chi connectivity index (χ1v) is 8.37. The smallest absolute Gasteiger partial charge is 0.279 e. The fourth-order valence-electron chi connectivity index (χ4n) is 2.84. The number of nitrogens with one attached hydrogen (secondary N) is 1. The normalized spacial score (nSPS) is 10.9. The van der Waals surface area contributed by atoms with Crippen LogP contribution >= 0.6 is 15.9 Å². The van der Waals surface area contributed by atoms with Crippen molar-refractivity contribution in [2.24, 2.45) is 0 Å². The number of anilines is 2. The van der Waals surface area contributed by atoms with Crippen LogP contribution in [0.1, 0.15) is 0 Å². The van der Waals surface area contributed by atoms with E-state index in [0.29, 0.717) is 11.2 Å². The SMILES string of the molecule is O=c1nc(Nc2ccccc2Br)c2ccccc2c2ccccc12. The molecule has 0 bridgehead atoms. The minimum Gasteiger partial charge on any atom is -0.339 e. The van der Waals surface area contributed by atoms with Crippen LogP contribution in [-0.4, -0.2) is 4.98 Å². The lowest BCUT2D eigenvalue weighted by atomic mass is 10.1. The van der Waals surface area contributed by atoms with Gasteiger partial charge in [-0.3, -0.25) is 4.79 Å². The summed E-state index contributed by atoms with van der Waals surface area (Å²) in [6.45, 7) is 0. The van der Waals surface area contributed by atoms with Crippen LogP contribution in [0.4, 0.5) is 11.5 Å². The highest BCUT2D eigenvalue weighted by molar-refractivity contribution is 9.10. The summed E-state index contributed by atoms with van der Waals surface area (Å²) in [6.07, 6.45) is 0. The molecule has 0 saturated heterocycles. The molecular formula is C20H13BrN2O. The standard InChI is InChI=1S/C20H13BrN2O/c21-17-11-5-6-12-18(17)22-19-15-9-3-1-7-13(15)14-8-2-4-10-16(14)20(24)23-19/h1-12H,(H,22,23,24). The number of benzene rings is 3. The van der Waals surface area contributed by atoms with E-state index in [1.165, 1.54) is 0 Å². The molecule has 4 aromatic rings. The molecule has 0 fully saturated rings. The van der Waals surface area contributed by atoms with Crippen molar-refractivity contribution >= 4 is 49.0 Å². The van der Waals surface area contributed by atoms with E-state index in [-0.39, 0.29) is 5.56 Å². The van der Waals surface area contributed by atoms with Crippen LogP contribution in [0.3, 0.4) is 0 Å². The molecule has 0 unspecified atom stereocenters. The zero-order chi connectivity index (χ0) is 16.5. The summed E-state index contributed by atoms with van der Waals surface area (Å²) in [7, 11) is 0. The molecule has 0 amide bonds. The highest BCUT2D eigenvalue weighted by atomic mass is 79.9. The second-order valence-electron chi connectivity index (χ2n) is 5.46. The van der Waals surface area contributed by atoms with Gasteiger partial charge >= 0.3 is 0 Å². The third-order valence-electron chi connectivity index (χ3n) is 3.97. The zero-order valence-corrected chi connectivity index (χ0v) is 14.2. The van der Waals surface area contributed by atoms with E-state index in [0.717, 1.165) is 26.3 Å². The van der Waals surface area contributed by atoms with Gasteiger partial charge in [0.1, 0.15) is 5.82 Å². The van der Waals surface area contributed by atoms with E-state index < -0.39 is 0 Å². The monoisotopic (exact) mass is 376 g/mol. The van der Waals surface area contributed by atoms with Gasteiger partial charge in [-0.05, 0) is 44.9 Å². The number of fused-ring (bicyclic) bond motifs is 3. The number of rotatable bonds is 2. The fourth-order valence-corrected chi connectivity index (χ4v) is 3.22. The molecule has 0 saturated carbocycles. The third kappa shape index (κ3) is 2.55. The molecule has 0 radical (unpaired) electrons. The van der Waals surface area contributed by atoms with Crippen molar-refractivity contribution in [2.75, 3.05) is 5.32 Å². The van der Waals surface area contributed by atoms with Crippen LogP contribution < -0.4 is 10.9 Å². The Morgan fingerprint density at radius 3 is 1.96 bits per heavy atom. The van der Waals surface area contributed by atoms with Gasteiger partial charge in [-0.25, -0.2) is 0 Å². The van der Waals surface area contributed by atoms with E-state index in [9.17, 15) is 4.79 Å². The molecule has 0 spiro atoms. The van der Waals surface area contributed by atoms with Crippen LogP contribution in [0.15, 0.2) is 82.1 Å². The van der Waals surface area contributed by atoms with Crippen LogP contribution in [0.5, 0.6) is 0 Å². The molecule has 1 heterocycles. The maximum absolute atomic E-state index is 12.6. The molecule has 4 rings (SSSR count). The zero-order valence-electron chi connectivity index (χ0n) is 12.7. The minimum atomic E-state index is -0.239. The van der Waals surface area contributed by atoms with Crippen molar-refractivity contribution in [1.29, 1.82) is 0 Å². The van der Waals surface area contributed by atoms with Gasteiger partial charge < -0.3 is 5.32 Å². The molecule has 4 heteroatoms. The highest BCUT2D eigenvalue weighted by Gasteiger charge is 2.09. The first kappa shape index (κ1) is 14.8. The molecule has 24 heavy (non-hydrogen) atoms. The van der Waals surface area contributed by atoms with Crippen molar-refractivity contribution in [3.8, 4) is 0 Å². The Kier molecular flexibility index (Phi) is 3.75. The summed E-state index contributed by atoms with van der Waals surface area (Å²) in [5.41, 5.74) is 0.626. The maximum atomic E-state index is 12.6. The number of aromatic nitrogens is 1. The molecule has 0 aliphatic heterocycles. The van der Waals surface area contributed by atoms with E-state index in [2.05, 4.69) is 26.2 Å². The molecule has 0 atom stereocenters. The van der Waals surface area contributed by atoms with Gasteiger partial charge in [0.25, 0.3) is 5.56 Å². The van der Waals surface area contributed by atoms with Gasteiger partial charge in [-0.2, -0.15) is 4.98 Å². The highest BCUT2D eigenvalue weighted by Crippen LogP contribution is 2.30. The number of hydrogen-bond acceptors (Lipinski definition) is 3. The molecule has 1 aromatic heterocycles. The lowest BCUT2D eigenvalue weighted by molar-refractivity contribution is 1.29. The van der Waals surface area contributed by atoms with Gasteiger partial charge in [0, 0.05) is 15.2 Å². The molecular weight excluding hydrogens is 364 g/mol. The quantitative estimate of drug-likeness (QED) is 0.519. The van der Waals surface area contributed by atoms with Gasteiger partial charge in [0.2, 0.25) is 0 Å². The van der Waals surface area contributed by atoms with E-state index >= 15 is 0 Å². The topological polar surface area (TPSA) is 42.0 Å². The van der Waals surface area contributed by atoms with E-state index in [1.54, 1.807) is 0 Å². The second kappa shape index (κ2) is 6.06. The Morgan fingerprint density at radius 1 is 0.708 bits per heavy atom. The van der Waals surface area contributed by atoms with Gasteiger partial charge in [-0.1, -0.05) is 54.6 Å². The number of hydrogen-bond donors (Lipinski definition) is 1. The molecule has 1 N–H and O–H groups in total. The maximum Gasteiger partial charge on any atom is 0.279 e. The van der Waals surface area contributed by atoms with Crippen molar-refractivity contribution in [3.63, 3.8) is 0 Å².